The normalized spacial score (nSPS) is 12.7. The van der Waals surface area contributed by atoms with E-state index in [9.17, 15) is 0 Å². The van der Waals surface area contributed by atoms with E-state index in [4.69, 9.17) is 16.3 Å². The van der Waals surface area contributed by atoms with Crippen LogP contribution in [0.3, 0.4) is 0 Å². The van der Waals surface area contributed by atoms with Crippen molar-refractivity contribution in [3.05, 3.63) is 35.9 Å². The number of halogens is 1. The largest absolute Gasteiger partial charge is 0.373 e. The van der Waals surface area contributed by atoms with Gasteiger partial charge in [-0.15, -0.1) is 11.6 Å². The topological polar surface area (TPSA) is 9.23 Å². The summed E-state index contributed by atoms with van der Waals surface area (Å²) < 4.78 is 5.73. The van der Waals surface area contributed by atoms with Crippen molar-refractivity contribution in [2.24, 2.45) is 0 Å². The van der Waals surface area contributed by atoms with Crippen LogP contribution in [0, 0.1) is 0 Å². The summed E-state index contributed by atoms with van der Waals surface area (Å²) in [5, 5.41) is 0. The van der Waals surface area contributed by atoms with Gasteiger partial charge < -0.3 is 4.74 Å². The summed E-state index contributed by atoms with van der Waals surface area (Å²) in [6.45, 7) is 2.88. The summed E-state index contributed by atoms with van der Waals surface area (Å²) in [4.78, 5) is 0. The molecule has 0 aliphatic heterocycles. The fourth-order valence-corrected chi connectivity index (χ4v) is 1.51. The third-order valence-corrected chi connectivity index (χ3v) is 2.41. The first-order valence-electron chi connectivity index (χ1n) is 5.11. The summed E-state index contributed by atoms with van der Waals surface area (Å²) in [7, 11) is 0. The Kier molecular flexibility index (Phi) is 5.65. The fourth-order valence-electron chi connectivity index (χ4n) is 1.40. The van der Waals surface area contributed by atoms with Crippen LogP contribution >= 0.6 is 11.6 Å². The highest BCUT2D eigenvalue weighted by molar-refractivity contribution is 6.17. The lowest BCUT2D eigenvalue weighted by molar-refractivity contribution is 0.0508. The smallest absolute Gasteiger partial charge is 0.0822 e. The molecule has 0 fully saturated rings. The van der Waals surface area contributed by atoms with Gasteiger partial charge in [0.15, 0.2) is 0 Å². The lowest BCUT2D eigenvalue weighted by Gasteiger charge is -2.15. The van der Waals surface area contributed by atoms with E-state index in [2.05, 4.69) is 19.1 Å². The standard InChI is InChI=1S/C12H17ClO/c1-2-12(14-10-6-9-13)11-7-4-3-5-8-11/h3-5,7-8,12H,2,6,9-10H2,1H3. The molecule has 1 atom stereocenters. The van der Waals surface area contributed by atoms with E-state index in [0.717, 1.165) is 19.4 Å². The van der Waals surface area contributed by atoms with Crippen molar-refractivity contribution < 1.29 is 4.74 Å². The zero-order chi connectivity index (χ0) is 10.2. The van der Waals surface area contributed by atoms with E-state index >= 15 is 0 Å². The SMILES string of the molecule is CCC(OCCCCl)c1ccccc1. The quantitative estimate of drug-likeness (QED) is 0.515. The van der Waals surface area contributed by atoms with E-state index in [1.807, 2.05) is 18.2 Å². The number of benzene rings is 1. The second-order valence-electron chi connectivity index (χ2n) is 3.22. The lowest BCUT2D eigenvalue weighted by Crippen LogP contribution is -2.04. The molecule has 0 radical (unpaired) electrons. The molecule has 0 spiro atoms. The fraction of sp³-hybridized carbons (Fsp3) is 0.500. The molecule has 0 aliphatic carbocycles. The van der Waals surface area contributed by atoms with E-state index in [0.29, 0.717) is 5.88 Å². The van der Waals surface area contributed by atoms with Crippen molar-refractivity contribution in [3.8, 4) is 0 Å². The lowest BCUT2D eigenvalue weighted by atomic mass is 10.1. The first-order valence-corrected chi connectivity index (χ1v) is 5.64. The van der Waals surface area contributed by atoms with Crippen LogP contribution in [0.25, 0.3) is 0 Å². The van der Waals surface area contributed by atoms with Gasteiger partial charge in [-0.25, -0.2) is 0 Å². The maximum Gasteiger partial charge on any atom is 0.0822 e. The van der Waals surface area contributed by atoms with Crippen LogP contribution in [0.15, 0.2) is 30.3 Å². The second-order valence-corrected chi connectivity index (χ2v) is 3.60. The molecular formula is C12H17ClO. The molecule has 78 valence electrons. The molecule has 1 rings (SSSR count). The Morgan fingerprint density at radius 3 is 2.57 bits per heavy atom. The molecule has 1 aromatic rings. The Morgan fingerprint density at radius 1 is 1.29 bits per heavy atom. The predicted octanol–water partition coefficient (Wildman–Crippen LogP) is 3.78. The highest BCUT2D eigenvalue weighted by atomic mass is 35.5. The Balaban J connectivity index is 2.46. The number of alkyl halides is 1. The third-order valence-electron chi connectivity index (χ3n) is 2.14. The van der Waals surface area contributed by atoms with E-state index in [1.54, 1.807) is 0 Å². The van der Waals surface area contributed by atoms with Gasteiger partial charge in [0.2, 0.25) is 0 Å². The van der Waals surface area contributed by atoms with Crippen molar-refractivity contribution in [1.82, 2.24) is 0 Å². The molecule has 1 nitrogen and oxygen atoms in total. The molecule has 0 aromatic heterocycles. The average molecular weight is 213 g/mol. The van der Waals surface area contributed by atoms with E-state index in [-0.39, 0.29) is 6.10 Å². The molecule has 0 saturated carbocycles. The minimum Gasteiger partial charge on any atom is -0.373 e. The molecule has 0 amide bonds. The van der Waals surface area contributed by atoms with Gasteiger partial charge in [-0.3, -0.25) is 0 Å². The van der Waals surface area contributed by atoms with Crippen LogP contribution < -0.4 is 0 Å². The van der Waals surface area contributed by atoms with Crippen LogP contribution in [-0.2, 0) is 4.74 Å². The summed E-state index contributed by atoms with van der Waals surface area (Å²) in [6, 6.07) is 10.3. The van der Waals surface area contributed by atoms with Crippen LogP contribution in [-0.4, -0.2) is 12.5 Å². The zero-order valence-electron chi connectivity index (χ0n) is 8.58. The van der Waals surface area contributed by atoms with Gasteiger partial charge in [0.25, 0.3) is 0 Å². The number of hydrogen-bond donors (Lipinski definition) is 0. The summed E-state index contributed by atoms with van der Waals surface area (Å²) in [5.74, 6) is 0.672. The Bertz CT molecular complexity index is 235. The second kappa shape index (κ2) is 6.86. The van der Waals surface area contributed by atoms with Crippen molar-refractivity contribution in [3.63, 3.8) is 0 Å². The maximum atomic E-state index is 5.73. The third kappa shape index (κ3) is 3.69. The van der Waals surface area contributed by atoms with Crippen LogP contribution in [0.5, 0.6) is 0 Å². The molecule has 1 aromatic carbocycles. The molecule has 0 saturated heterocycles. The monoisotopic (exact) mass is 212 g/mol. The molecular weight excluding hydrogens is 196 g/mol. The molecule has 0 aliphatic rings. The number of hydrogen-bond acceptors (Lipinski definition) is 1. The molecule has 0 N–H and O–H groups in total. The van der Waals surface area contributed by atoms with Gasteiger partial charge in [0.05, 0.1) is 6.10 Å². The summed E-state index contributed by atoms with van der Waals surface area (Å²) >= 11 is 5.59. The highest BCUT2D eigenvalue weighted by Gasteiger charge is 2.07. The van der Waals surface area contributed by atoms with Crippen LogP contribution in [0.1, 0.15) is 31.4 Å². The van der Waals surface area contributed by atoms with Gasteiger partial charge in [0, 0.05) is 12.5 Å². The highest BCUT2D eigenvalue weighted by Crippen LogP contribution is 2.20. The van der Waals surface area contributed by atoms with Crippen molar-refractivity contribution in [2.75, 3.05) is 12.5 Å². The van der Waals surface area contributed by atoms with E-state index in [1.165, 1.54) is 5.56 Å². The minimum atomic E-state index is 0.222. The molecule has 1 unspecified atom stereocenters. The first-order chi connectivity index (χ1) is 6.88. The molecule has 2 heteroatoms. The van der Waals surface area contributed by atoms with E-state index < -0.39 is 0 Å². The Morgan fingerprint density at radius 2 is 2.00 bits per heavy atom. The summed E-state index contributed by atoms with van der Waals surface area (Å²) in [5.41, 5.74) is 1.25. The maximum absolute atomic E-state index is 5.73. The number of ether oxygens (including phenoxy) is 1. The molecule has 0 heterocycles. The molecule has 0 bridgehead atoms. The zero-order valence-corrected chi connectivity index (χ0v) is 9.33. The van der Waals surface area contributed by atoms with Gasteiger partial charge >= 0.3 is 0 Å². The van der Waals surface area contributed by atoms with Gasteiger partial charge in [-0.05, 0) is 18.4 Å². The van der Waals surface area contributed by atoms with Gasteiger partial charge in [0.1, 0.15) is 0 Å². The van der Waals surface area contributed by atoms with Gasteiger partial charge in [-0.1, -0.05) is 37.3 Å². The van der Waals surface area contributed by atoms with Crippen molar-refractivity contribution >= 4 is 11.6 Å². The predicted molar refractivity (Wildman–Crippen MR) is 60.8 cm³/mol. The first kappa shape index (κ1) is 11.5. The number of rotatable bonds is 6. The van der Waals surface area contributed by atoms with Crippen LogP contribution in [0.4, 0.5) is 0 Å². The average Bonchev–Trinajstić information content (AvgIpc) is 2.26. The van der Waals surface area contributed by atoms with Crippen molar-refractivity contribution in [2.45, 2.75) is 25.9 Å². The minimum absolute atomic E-state index is 0.222. The van der Waals surface area contributed by atoms with Crippen LogP contribution in [0.2, 0.25) is 0 Å². The Labute approximate surface area is 91.0 Å². The van der Waals surface area contributed by atoms with Gasteiger partial charge in [-0.2, -0.15) is 0 Å². The Hall–Kier alpha value is -0.530. The molecule has 14 heavy (non-hydrogen) atoms. The summed E-state index contributed by atoms with van der Waals surface area (Å²) in [6.07, 6.45) is 2.15. The van der Waals surface area contributed by atoms with Crippen molar-refractivity contribution in [1.29, 1.82) is 0 Å².